The lowest BCUT2D eigenvalue weighted by molar-refractivity contribution is 0.140. The van der Waals surface area contributed by atoms with E-state index < -0.39 is 9.73 Å². The molecule has 30 heavy (non-hydrogen) atoms. The van der Waals surface area contributed by atoms with Crippen LogP contribution >= 0.6 is 11.6 Å². The van der Waals surface area contributed by atoms with Crippen molar-refractivity contribution in [3.63, 3.8) is 0 Å². The third-order valence-electron chi connectivity index (χ3n) is 4.65. The first kappa shape index (κ1) is 21.0. The number of halogens is 2. The molecule has 0 radical (unpaired) electrons. The zero-order chi connectivity index (χ0) is 21.3. The largest absolute Gasteiger partial charge is 0.488 e. The molecule has 6 nitrogen and oxygen atoms in total. The molecule has 4 rings (SSSR count). The van der Waals surface area contributed by atoms with Gasteiger partial charge in [-0.3, -0.25) is 0 Å². The van der Waals surface area contributed by atoms with Crippen LogP contribution < -0.4 is 4.74 Å². The second kappa shape index (κ2) is 8.45. The molecule has 1 fully saturated rings. The molecular weight excluding hydrogens is 429 g/mol. The number of benzene rings is 2. The Labute approximate surface area is 179 Å². The van der Waals surface area contributed by atoms with Crippen LogP contribution in [0, 0.1) is 5.82 Å². The van der Waals surface area contributed by atoms with Crippen LogP contribution in [-0.2, 0) is 20.9 Å². The molecule has 0 saturated carbocycles. The summed E-state index contributed by atoms with van der Waals surface area (Å²) < 4.78 is 41.4. The van der Waals surface area contributed by atoms with Crippen molar-refractivity contribution in [1.82, 2.24) is 9.97 Å². The Hall–Kier alpha value is -2.29. The van der Waals surface area contributed by atoms with E-state index in [4.69, 9.17) is 21.1 Å². The van der Waals surface area contributed by atoms with Crippen LogP contribution in [0.3, 0.4) is 0 Å². The standard InChI is InChI=1S/C21H21ClFN3O3S/c1-30(2,27)26-15-9-17(22)21-18(24-12-25-19(21)10-15)7-13-3-4-14(23)8-20(13)29-16-5-6-28-11-16/h3-4,8-10,12,16H,5-7,11H2,1-2H3/t16-/m0/s1. The minimum atomic E-state index is -2.33. The summed E-state index contributed by atoms with van der Waals surface area (Å²) in [4.78, 5) is 8.70. The fourth-order valence-electron chi connectivity index (χ4n) is 3.38. The maximum absolute atomic E-state index is 13.9. The maximum Gasteiger partial charge on any atom is 0.126 e. The van der Waals surface area contributed by atoms with Crippen molar-refractivity contribution in [3.8, 4) is 5.75 Å². The lowest BCUT2D eigenvalue weighted by Gasteiger charge is -2.16. The Morgan fingerprint density at radius 1 is 1.30 bits per heavy atom. The van der Waals surface area contributed by atoms with Gasteiger partial charge in [-0.25, -0.2) is 18.6 Å². The number of hydrogen-bond acceptors (Lipinski definition) is 6. The zero-order valence-electron chi connectivity index (χ0n) is 16.6. The molecule has 1 saturated heterocycles. The van der Waals surface area contributed by atoms with Gasteiger partial charge in [0.1, 0.15) is 24.0 Å². The first-order valence-electron chi connectivity index (χ1n) is 9.41. The molecule has 0 unspecified atom stereocenters. The molecule has 0 aliphatic carbocycles. The van der Waals surface area contributed by atoms with Crippen molar-refractivity contribution < 1.29 is 18.1 Å². The van der Waals surface area contributed by atoms with Crippen LogP contribution in [-0.4, -0.2) is 46.0 Å². The lowest BCUT2D eigenvalue weighted by atomic mass is 10.0. The first-order chi connectivity index (χ1) is 14.3. The molecule has 1 aliphatic heterocycles. The highest BCUT2D eigenvalue weighted by atomic mass is 35.5. The Morgan fingerprint density at radius 2 is 2.13 bits per heavy atom. The van der Waals surface area contributed by atoms with Gasteiger partial charge in [0.25, 0.3) is 0 Å². The summed E-state index contributed by atoms with van der Waals surface area (Å²) in [5.41, 5.74) is 2.57. The van der Waals surface area contributed by atoms with Gasteiger partial charge in [-0.05, 0) is 18.2 Å². The summed E-state index contributed by atoms with van der Waals surface area (Å²) in [6.07, 6.45) is 5.61. The summed E-state index contributed by atoms with van der Waals surface area (Å²) in [6, 6.07) is 7.86. The zero-order valence-corrected chi connectivity index (χ0v) is 18.2. The third kappa shape index (κ3) is 4.88. The summed E-state index contributed by atoms with van der Waals surface area (Å²) in [7, 11) is -2.33. The normalized spacial score (nSPS) is 16.7. The van der Waals surface area contributed by atoms with Crippen molar-refractivity contribution in [2.75, 3.05) is 25.7 Å². The van der Waals surface area contributed by atoms with E-state index in [0.29, 0.717) is 52.7 Å². The smallest absolute Gasteiger partial charge is 0.126 e. The molecule has 9 heteroatoms. The van der Waals surface area contributed by atoms with Gasteiger partial charge in [0.2, 0.25) is 0 Å². The van der Waals surface area contributed by atoms with Crippen LogP contribution in [0.15, 0.2) is 41.0 Å². The predicted octanol–water partition coefficient (Wildman–Crippen LogP) is 4.54. The van der Waals surface area contributed by atoms with Gasteiger partial charge in [-0.15, -0.1) is 0 Å². The van der Waals surface area contributed by atoms with Crippen molar-refractivity contribution in [3.05, 3.63) is 58.8 Å². The van der Waals surface area contributed by atoms with E-state index >= 15 is 0 Å². The van der Waals surface area contributed by atoms with Gasteiger partial charge in [-0.2, -0.15) is 4.36 Å². The Kier molecular flexibility index (Phi) is 5.90. The summed E-state index contributed by atoms with van der Waals surface area (Å²) >= 11 is 6.52. The highest BCUT2D eigenvalue weighted by Crippen LogP contribution is 2.33. The first-order valence-corrected chi connectivity index (χ1v) is 12.1. The van der Waals surface area contributed by atoms with Crippen LogP contribution in [0.5, 0.6) is 5.75 Å². The second-order valence-corrected chi connectivity index (χ2v) is 10.4. The van der Waals surface area contributed by atoms with E-state index in [0.717, 1.165) is 12.0 Å². The van der Waals surface area contributed by atoms with Crippen LogP contribution in [0.1, 0.15) is 17.7 Å². The summed E-state index contributed by atoms with van der Waals surface area (Å²) in [5.74, 6) is 0.101. The van der Waals surface area contributed by atoms with Crippen LogP contribution in [0.4, 0.5) is 10.1 Å². The highest BCUT2D eigenvalue weighted by Gasteiger charge is 2.20. The second-order valence-electron chi connectivity index (χ2n) is 7.45. The molecular formula is C21H21ClFN3O3S. The number of rotatable bonds is 5. The average Bonchev–Trinajstić information content (AvgIpc) is 3.15. The molecule has 0 bridgehead atoms. The molecule has 2 aromatic carbocycles. The van der Waals surface area contributed by atoms with Crippen molar-refractivity contribution in [2.24, 2.45) is 4.36 Å². The van der Waals surface area contributed by atoms with Crippen molar-refractivity contribution in [1.29, 1.82) is 0 Å². The van der Waals surface area contributed by atoms with Gasteiger partial charge in [0.05, 0.1) is 35.1 Å². The van der Waals surface area contributed by atoms with E-state index in [1.54, 1.807) is 30.7 Å². The topological polar surface area (TPSA) is 73.7 Å². The van der Waals surface area contributed by atoms with E-state index in [9.17, 15) is 8.60 Å². The van der Waals surface area contributed by atoms with E-state index in [-0.39, 0.29) is 11.9 Å². The molecule has 3 aromatic rings. The SMILES string of the molecule is CS(C)(=O)=Nc1cc(Cl)c2c(Cc3ccc(F)cc3O[C@H]3CCOC3)ncnc2c1. The lowest BCUT2D eigenvalue weighted by Crippen LogP contribution is -2.17. The van der Waals surface area contributed by atoms with Crippen LogP contribution in [0.2, 0.25) is 5.02 Å². The van der Waals surface area contributed by atoms with Gasteiger partial charge in [0, 0.05) is 52.1 Å². The van der Waals surface area contributed by atoms with E-state index in [1.807, 2.05) is 0 Å². The maximum atomic E-state index is 13.9. The van der Waals surface area contributed by atoms with Gasteiger partial charge >= 0.3 is 0 Å². The third-order valence-corrected chi connectivity index (χ3v) is 5.60. The van der Waals surface area contributed by atoms with Crippen molar-refractivity contribution >= 4 is 37.9 Å². The minimum Gasteiger partial charge on any atom is -0.488 e. The number of nitrogens with zero attached hydrogens (tertiary/aromatic N) is 3. The fourth-order valence-corrected chi connectivity index (χ4v) is 4.31. The molecule has 1 aromatic heterocycles. The van der Waals surface area contributed by atoms with Gasteiger partial charge < -0.3 is 9.47 Å². The molecule has 0 spiro atoms. The predicted molar refractivity (Wildman–Crippen MR) is 116 cm³/mol. The molecule has 1 atom stereocenters. The molecule has 0 amide bonds. The Bertz CT molecular complexity index is 1210. The minimum absolute atomic E-state index is 0.0987. The number of aromatic nitrogens is 2. The van der Waals surface area contributed by atoms with Crippen molar-refractivity contribution in [2.45, 2.75) is 18.9 Å². The molecule has 2 heterocycles. The Balaban J connectivity index is 1.73. The van der Waals surface area contributed by atoms with Gasteiger partial charge in [-0.1, -0.05) is 17.7 Å². The molecule has 1 aliphatic rings. The molecule has 158 valence electrons. The van der Waals surface area contributed by atoms with E-state index in [2.05, 4.69) is 14.3 Å². The summed E-state index contributed by atoms with van der Waals surface area (Å²) in [5, 5.41) is 1.09. The highest BCUT2D eigenvalue weighted by molar-refractivity contribution is 7.92. The fraction of sp³-hybridized carbons (Fsp3) is 0.333. The quantitative estimate of drug-likeness (QED) is 0.571. The Morgan fingerprint density at radius 3 is 2.87 bits per heavy atom. The number of ether oxygens (including phenoxy) is 2. The number of fused-ring (bicyclic) bond motifs is 1. The van der Waals surface area contributed by atoms with Gasteiger partial charge in [0.15, 0.2) is 0 Å². The van der Waals surface area contributed by atoms with E-state index in [1.165, 1.54) is 18.5 Å². The van der Waals surface area contributed by atoms with Crippen LogP contribution in [0.25, 0.3) is 10.9 Å². The summed E-state index contributed by atoms with van der Waals surface area (Å²) in [6.45, 7) is 1.12. The average molecular weight is 450 g/mol. The monoisotopic (exact) mass is 449 g/mol. The number of hydrogen-bond donors (Lipinski definition) is 0. The molecule has 0 N–H and O–H groups in total.